The topological polar surface area (TPSA) is 53.2 Å². The van der Waals surface area contributed by atoms with Gasteiger partial charge < -0.3 is 16.0 Å². The zero-order chi connectivity index (χ0) is 17.5. The third kappa shape index (κ3) is 8.40. The predicted octanol–water partition coefficient (Wildman–Crippen LogP) is 4.74. The van der Waals surface area contributed by atoms with Crippen LogP contribution in [0.2, 0.25) is 0 Å². The minimum Gasteiger partial charge on any atom is -0.339 e. The molecule has 4 nitrogen and oxygen atoms in total. The summed E-state index contributed by atoms with van der Waals surface area (Å²) in [7, 11) is 0. The first-order valence-corrected chi connectivity index (χ1v) is 9.25. The molecule has 1 aromatic rings. The average Bonchev–Trinajstić information content (AvgIpc) is 2.46. The van der Waals surface area contributed by atoms with E-state index in [1.54, 1.807) is 0 Å². The molecule has 0 unspecified atom stereocenters. The van der Waals surface area contributed by atoms with Gasteiger partial charge in [0.15, 0.2) is 5.11 Å². The van der Waals surface area contributed by atoms with Gasteiger partial charge in [-0.3, -0.25) is 4.79 Å². The molecule has 1 rings (SSSR count). The van der Waals surface area contributed by atoms with Crippen LogP contribution in [0.1, 0.15) is 26.2 Å². The molecular weight excluding hydrogens is 445 g/mol. The summed E-state index contributed by atoms with van der Waals surface area (Å²) in [6.45, 7) is 2.00. The van der Waals surface area contributed by atoms with Gasteiger partial charge in [-0.25, -0.2) is 0 Å². The van der Waals surface area contributed by atoms with Gasteiger partial charge in [0.1, 0.15) is 6.17 Å². The Morgan fingerprint density at radius 1 is 1.26 bits per heavy atom. The minimum absolute atomic E-state index is 0.206. The molecule has 0 heterocycles. The molecule has 0 aliphatic carbocycles. The van der Waals surface area contributed by atoms with Gasteiger partial charge in [-0.2, -0.15) is 0 Å². The third-order valence-corrected chi connectivity index (χ3v) is 4.17. The summed E-state index contributed by atoms with van der Waals surface area (Å²) in [5.41, 5.74) is 0.770. The Hall–Kier alpha value is -0.270. The second-order valence-corrected chi connectivity index (χ2v) is 8.44. The second-order valence-electron chi connectivity index (χ2n) is 4.75. The Morgan fingerprint density at radius 2 is 1.87 bits per heavy atom. The molecule has 3 N–H and O–H groups in total. The number of anilines is 1. The van der Waals surface area contributed by atoms with Crippen LogP contribution in [0.3, 0.4) is 0 Å². The van der Waals surface area contributed by atoms with E-state index in [9.17, 15) is 4.79 Å². The number of rotatable bonds is 6. The van der Waals surface area contributed by atoms with Crippen molar-refractivity contribution in [3.8, 4) is 0 Å². The van der Waals surface area contributed by atoms with Crippen molar-refractivity contribution < 1.29 is 4.79 Å². The monoisotopic (exact) mass is 459 g/mol. The third-order valence-electron chi connectivity index (χ3n) is 2.77. The zero-order valence-corrected chi connectivity index (χ0v) is 17.0. The molecule has 0 bridgehead atoms. The molecule has 0 aliphatic heterocycles. The van der Waals surface area contributed by atoms with E-state index in [0.29, 0.717) is 6.42 Å². The molecule has 0 saturated heterocycles. The average molecular weight is 462 g/mol. The van der Waals surface area contributed by atoms with E-state index in [-0.39, 0.29) is 11.0 Å². The first-order chi connectivity index (χ1) is 10.7. The fraction of sp³-hybridized carbons (Fsp3) is 0.429. The van der Waals surface area contributed by atoms with Gasteiger partial charge in [-0.15, -0.1) is 0 Å². The van der Waals surface area contributed by atoms with Gasteiger partial charge in [-0.1, -0.05) is 64.1 Å². The van der Waals surface area contributed by atoms with Crippen molar-refractivity contribution in [2.24, 2.45) is 0 Å². The Balaban J connectivity index is 2.63. The Kier molecular flexibility index (Phi) is 8.93. The lowest BCUT2D eigenvalue weighted by molar-refractivity contribution is -0.122. The molecule has 0 aliphatic rings. The maximum absolute atomic E-state index is 11.8. The van der Waals surface area contributed by atoms with Gasteiger partial charge in [0.2, 0.25) is 9.70 Å². The van der Waals surface area contributed by atoms with Crippen LogP contribution in [0.25, 0.3) is 0 Å². The molecule has 23 heavy (non-hydrogen) atoms. The fourth-order valence-electron chi connectivity index (χ4n) is 1.60. The van der Waals surface area contributed by atoms with Crippen LogP contribution in [0, 0.1) is 0 Å². The molecule has 0 spiro atoms. The number of carbonyl (C=O) groups is 1. The van der Waals surface area contributed by atoms with Crippen LogP contribution >= 0.6 is 63.0 Å². The highest BCUT2D eigenvalue weighted by Crippen LogP contribution is 2.29. The Bertz CT molecular complexity index is 537. The molecular formula is C14H17BrCl3N3OS. The van der Waals surface area contributed by atoms with Crippen molar-refractivity contribution >= 4 is 79.7 Å². The number of unbranched alkanes of at least 4 members (excludes halogenated alkanes) is 1. The van der Waals surface area contributed by atoms with E-state index >= 15 is 0 Å². The number of thiocarbonyl (C=S) groups is 1. The highest BCUT2D eigenvalue weighted by molar-refractivity contribution is 9.10. The molecule has 1 atom stereocenters. The maximum atomic E-state index is 11.8. The normalized spacial score (nSPS) is 12.4. The van der Waals surface area contributed by atoms with E-state index < -0.39 is 9.96 Å². The van der Waals surface area contributed by atoms with Gasteiger partial charge in [-0.05, 0) is 42.9 Å². The van der Waals surface area contributed by atoms with Crippen molar-refractivity contribution in [2.45, 2.75) is 36.1 Å². The Morgan fingerprint density at radius 3 is 2.39 bits per heavy atom. The van der Waals surface area contributed by atoms with Gasteiger partial charge >= 0.3 is 0 Å². The number of hydrogen-bond donors (Lipinski definition) is 3. The standard InChI is InChI=1S/C14H17BrCl3N3OS/c1-2-3-4-11(22)20-12(14(16,17)18)21-13(23)19-10-7-5-9(15)6-8-10/h5-8,12H,2-4H2,1H3,(H,20,22)(H2,19,21,23)/t12-/m0/s1. The number of nitrogens with one attached hydrogen (secondary N) is 3. The summed E-state index contributed by atoms with van der Waals surface area (Å²) in [6, 6.07) is 7.40. The number of benzene rings is 1. The number of hydrogen-bond acceptors (Lipinski definition) is 2. The van der Waals surface area contributed by atoms with Crippen LogP contribution in [0.4, 0.5) is 5.69 Å². The summed E-state index contributed by atoms with van der Waals surface area (Å²) in [6.07, 6.45) is 1.10. The number of halogens is 4. The van der Waals surface area contributed by atoms with E-state index in [0.717, 1.165) is 23.0 Å². The molecule has 0 saturated carbocycles. The second kappa shape index (κ2) is 9.89. The number of alkyl halides is 3. The van der Waals surface area contributed by atoms with Crippen LogP contribution < -0.4 is 16.0 Å². The summed E-state index contributed by atoms with van der Waals surface area (Å²) < 4.78 is -0.794. The van der Waals surface area contributed by atoms with Crippen molar-refractivity contribution in [2.75, 3.05) is 5.32 Å². The molecule has 0 fully saturated rings. The lowest BCUT2D eigenvalue weighted by Crippen LogP contribution is -2.56. The lowest BCUT2D eigenvalue weighted by atomic mass is 10.2. The van der Waals surface area contributed by atoms with Crippen molar-refractivity contribution in [1.82, 2.24) is 10.6 Å². The van der Waals surface area contributed by atoms with Crippen LogP contribution in [-0.2, 0) is 4.79 Å². The van der Waals surface area contributed by atoms with Gasteiger partial charge in [0.05, 0.1) is 0 Å². The highest BCUT2D eigenvalue weighted by atomic mass is 79.9. The Labute approximate surface area is 164 Å². The van der Waals surface area contributed by atoms with Crippen LogP contribution in [0.15, 0.2) is 28.7 Å². The summed E-state index contributed by atoms with van der Waals surface area (Å²) in [5, 5.41) is 8.64. The lowest BCUT2D eigenvalue weighted by Gasteiger charge is -2.27. The van der Waals surface area contributed by atoms with Crippen molar-refractivity contribution in [3.63, 3.8) is 0 Å². The molecule has 1 amide bonds. The van der Waals surface area contributed by atoms with Crippen molar-refractivity contribution in [3.05, 3.63) is 28.7 Å². The molecule has 0 radical (unpaired) electrons. The summed E-state index contributed by atoms with van der Waals surface area (Å²) in [5.74, 6) is -0.206. The van der Waals surface area contributed by atoms with E-state index in [2.05, 4.69) is 31.9 Å². The summed E-state index contributed by atoms with van der Waals surface area (Å²) >= 11 is 26.3. The zero-order valence-electron chi connectivity index (χ0n) is 12.3. The van der Waals surface area contributed by atoms with Crippen LogP contribution in [-0.4, -0.2) is 21.0 Å². The molecule has 1 aromatic carbocycles. The van der Waals surface area contributed by atoms with Gasteiger partial charge in [0.25, 0.3) is 0 Å². The van der Waals surface area contributed by atoms with E-state index in [4.69, 9.17) is 47.0 Å². The quantitative estimate of drug-likeness (QED) is 0.325. The first kappa shape index (κ1) is 20.8. The molecule has 9 heteroatoms. The smallest absolute Gasteiger partial charge is 0.228 e. The first-order valence-electron chi connectivity index (χ1n) is 6.91. The van der Waals surface area contributed by atoms with E-state index in [1.165, 1.54) is 0 Å². The van der Waals surface area contributed by atoms with E-state index in [1.807, 2.05) is 31.2 Å². The maximum Gasteiger partial charge on any atom is 0.228 e. The van der Waals surface area contributed by atoms with Crippen LogP contribution in [0.5, 0.6) is 0 Å². The van der Waals surface area contributed by atoms with Crippen molar-refractivity contribution in [1.29, 1.82) is 0 Å². The molecule has 0 aromatic heterocycles. The molecule has 128 valence electrons. The summed E-state index contributed by atoms with van der Waals surface area (Å²) in [4.78, 5) is 11.8. The number of carbonyl (C=O) groups excluding carboxylic acids is 1. The minimum atomic E-state index is -1.74. The van der Waals surface area contributed by atoms with Gasteiger partial charge in [0, 0.05) is 16.6 Å². The number of amides is 1. The predicted molar refractivity (Wildman–Crippen MR) is 105 cm³/mol. The highest BCUT2D eigenvalue weighted by Gasteiger charge is 2.34. The SMILES string of the molecule is CCCCC(=O)N[C@@H](NC(=S)Nc1ccc(Br)cc1)C(Cl)(Cl)Cl. The fourth-order valence-corrected chi connectivity index (χ4v) is 2.43. The largest absolute Gasteiger partial charge is 0.339 e.